The summed E-state index contributed by atoms with van der Waals surface area (Å²) in [5.74, 6) is 0. The molecular weight excluding hydrogens is 420 g/mol. The molecule has 3 aromatic rings. The maximum atomic E-state index is 12.5. The largest absolute Gasteiger partial charge is 0.382 e. The van der Waals surface area contributed by atoms with Crippen LogP contribution in [0.15, 0.2) is 48.8 Å². The Morgan fingerprint density at radius 1 is 1.06 bits per heavy atom. The lowest BCUT2D eigenvalue weighted by molar-refractivity contribution is 0.329. The molecule has 164 valence electrons. The highest BCUT2D eigenvalue weighted by molar-refractivity contribution is 7.90. The summed E-state index contributed by atoms with van der Waals surface area (Å²) in [6, 6.07) is 14.7. The number of pyridine rings is 1. The number of hydrogen-bond donors (Lipinski definition) is 1. The zero-order valence-electron chi connectivity index (χ0n) is 18.1. The quantitative estimate of drug-likeness (QED) is 0.626. The monoisotopic (exact) mass is 446 g/mol. The van der Waals surface area contributed by atoms with E-state index in [-0.39, 0.29) is 11.3 Å². The Hall–Kier alpha value is -2.95. The molecule has 0 spiro atoms. The van der Waals surface area contributed by atoms with Gasteiger partial charge in [0.05, 0.1) is 16.9 Å². The Labute approximate surface area is 188 Å². The van der Waals surface area contributed by atoms with Crippen LogP contribution in [0.25, 0.3) is 21.9 Å². The smallest absolute Gasteiger partial charge is 0.216 e. The second-order valence-electron chi connectivity index (χ2n) is 8.82. The molecule has 5 rings (SSSR count). The van der Waals surface area contributed by atoms with Gasteiger partial charge in [-0.2, -0.15) is 5.26 Å². The van der Waals surface area contributed by atoms with E-state index < -0.39 is 10.0 Å². The van der Waals surface area contributed by atoms with Gasteiger partial charge in [-0.3, -0.25) is 4.98 Å². The molecule has 1 saturated carbocycles. The first kappa shape index (κ1) is 20.9. The average Bonchev–Trinajstić information content (AvgIpc) is 3.66. The van der Waals surface area contributed by atoms with Crippen molar-refractivity contribution in [3.63, 3.8) is 0 Å². The SMILES string of the molecule is Cc1ccc(-c2cc(NC3CCN(S(=O)(=O)C4CC4)CC3)c3cnccc3c2)cc1C#N. The van der Waals surface area contributed by atoms with E-state index in [0.717, 1.165) is 58.8 Å². The molecular formula is C25H26N4O2S. The number of hydrogen-bond acceptors (Lipinski definition) is 5. The summed E-state index contributed by atoms with van der Waals surface area (Å²) < 4.78 is 26.8. The summed E-state index contributed by atoms with van der Waals surface area (Å²) in [7, 11) is -3.10. The third-order valence-corrected chi connectivity index (χ3v) is 8.97. The summed E-state index contributed by atoms with van der Waals surface area (Å²) in [6.07, 6.45) is 6.82. The molecule has 0 unspecified atom stereocenters. The number of anilines is 1. The van der Waals surface area contributed by atoms with Crippen molar-refractivity contribution in [2.45, 2.75) is 43.9 Å². The summed E-state index contributed by atoms with van der Waals surface area (Å²) in [6.45, 7) is 3.07. The molecule has 32 heavy (non-hydrogen) atoms. The second-order valence-corrected chi connectivity index (χ2v) is 11.0. The van der Waals surface area contributed by atoms with Crippen molar-refractivity contribution in [1.29, 1.82) is 5.26 Å². The van der Waals surface area contributed by atoms with Gasteiger partial charge in [0, 0.05) is 42.6 Å². The summed E-state index contributed by atoms with van der Waals surface area (Å²) in [5.41, 5.74) is 4.67. The predicted octanol–water partition coefficient (Wildman–Crippen LogP) is 4.45. The van der Waals surface area contributed by atoms with Crippen molar-refractivity contribution in [1.82, 2.24) is 9.29 Å². The molecule has 0 amide bonds. The van der Waals surface area contributed by atoms with E-state index >= 15 is 0 Å². The third kappa shape index (κ3) is 3.96. The van der Waals surface area contributed by atoms with E-state index in [1.54, 1.807) is 10.5 Å². The van der Waals surface area contributed by atoms with Crippen molar-refractivity contribution in [3.8, 4) is 17.2 Å². The van der Waals surface area contributed by atoms with Gasteiger partial charge in [0.25, 0.3) is 0 Å². The van der Waals surface area contributed by atoms with Crippen molar-refractivity contribution in [2.75, 3.05) is 18.4 Å². The zero-order valence-corrected chi connectivity index (χ0v) is 18.9. The van der Waals surface area contributed by atoms with Gasteiger partial charge in [0.1, 0.15) is 0 Å². The maximum absolute atomic E-state index is 12.5. The van der Waals surface area contributed by atoms with E-state index in [0.29, 0.717) is 18.7 Å². The number of aromatic nitrogens is 1. The number of fused-ring (bicyclic) bond motifs is 1. The standard InChI is InChI=1S/C25H26N4O2S/c1-17-2-3-18(12-21(17)15-26)20-13-19-6-9-27-16-24(19)25(14-20)28-22-7-10-29(11-8-22)32(30,31)23-4-5-23/h2-3,6,9,12-14,16,22-23,28H,4-5,7-8,10-11H2,1H3. The number of sulfonamides is 1. The van der Waals surface area contributed by atoms with Crippen molar-refractivity contribution >= 4 is 26.5 Å². The fourth-order valence-electron chi connectivity index (χ4n) is 4.46. The van der Waals surface area contributed by atoms with Crippen LogP contribution in [0.3, 0.4) is 0 Å². The summed E-state index contributed by atoms with van der Waals surface area (Å²) in [5, 5.41) is 15.1. The molecule has 0 bridgehead atoms. The van der Waals surface area contributed by atoms with Crippen LogP contribution in [0, 0.1) is 18.3 Å². The van der Waals surface area contributed by atoms with Crippen LogP contribution in [-0.2, 0) is 10.0 Å². The van der Waals surface area contributed by atoms with Gasteiger partial charge in [-0.1, -0.05) is 12.1 Å². The minimum absolute atomic E-state index is 0.147. The molecule has 2 fully saturated rings. The Morgan fingerprint density at radius 2 is 1.84 bits per heavy atom. The normalized spacial score (nSPS) is 17.9. The number of piperidine rings is 1. The molecule has 1 aliphatic carbocycles. The topological polar surface area (TPSA) is 86.1 Å². The van der Waals surface area contributed by atoms with Crippen LogP contribution >= 0.6 is 0 Å². The number of benzene rings is 2. The van der Waals surface area contributed by atoms with Crippen LogP contribution in [0.5, 0.6) is 0 Å². The third-order valence-electron chi connectivity index (χ3n) is 6.57. The second kappa shape index (κ2) is 8.19. The van der Waals surface area contributed by atoms with Crippen molar-refractivity contribution < 1.29 is 8.42 Å². The minimum atomic E-state index is -3.10. The lowest BCUT2D eigenvalue weighted by atomic mass is 9.97. The zero-order chi connectivity index (χ0) is 22.3. The molecule has 2 aliphatic rings. The van der Waals surface area contributed by atoms with E-state index in [1.807, 2.05) is 37.4 Å². The highest BCUT2D eigenvalue weighted by Crippen LogP contribution is 2.35. The highest BCUT2D eigenvalue weighted by atomic mass is 32.2. The molecule has 1 saturated heterocycles. The van der Waals surface area contributed by atoms with Crippen LogP contribution < -0.4 is 5.32 Å². The molecule has 0 atom stereocenters. The number of rotatable bonds is 5. The van der Waals surface area contributed by atoms with Crippen LogP contribution in [0.2, 0.25) is 0 Å². The number of nitrogens with zero attached hydrogens (tertiary/aromatic N) is 3. The Balaban J connectivity index is 1.42. The van der Waals surface area contributed by atoms with Gasteiger partial charge in [-0.25, -0.2) is 12.7 Å². The number of nitriles is 1. The first-order valence-corrected chi connectivity index (χ1v) is 12.6. The molecule has 1 aromatic heterocycles. The first-order valence-electron chi connectivity index (χ1n) is 11.1. The lowest BCUT2D eigenvalue weighted by Crippen LogP contribution is -2.43. The maximum Gasteiger partial charge on any atom is 0.216 e. The van der Waals surface area contributed by atoms with Gasteiger partial charge in [0.2, 0.25) is 10.0 Å². The van der Waals surface area contributed by atoms with Crippen molar-refractivity contribution in [2.24, 2.45) is 0 Å². The molecule has 2 heterocycles. The van der Waals surface area contributed by atoms with Gasteiger partial charge < -0.3 is 5.32 Å². The fourth-order valence-corrected chi connectivity index (χ4v) is 6.33. The number of aryl methyl sites for hydroxylation is 1. The van der Waals surface area contributed by atoms with Crippen molar-refractivity contribution in [3.05, 3.63) is 59.9 Å². The van der Waals surface area contributed by atoms with Crippen LogP contribution in [-0.4, -0.2) is 42.1 Å². The number of nitrogens with one attached hydrogen (secondary N) is 1. The first-order chi connectivity index (χ1) is 15.5. The molecule has 6 nitrogen and oxygen atoms in total. The molecule has 0 radical (unpaired) electrons. The van der Waals surface area contributed by atoms with Gasteiger partial charge in [-0.05, 0) is 78.9 Å². The Bertz CT molecular complexity index is 1320. The van der Waals surface area contributed by atoms with Gasteiger partial charge in [-0.15, -0.1) is 0 Å². The fraction of sp³-hybridized carbons (Fsp3) is 0.360. The summed E-state index contributed by atoms with van der Waals surface area (Å²) >= 11 is 0. The van der Waals surface area contributed by atoms with E-state index in [4.69, 9.17) is 0 Å². The molecule has 1 aliphatic heterocycles. The average molecular weight is 447 g/mol. The lowest BCUT2D eigenvalue weighted by Gasteiger charge is -2.32. The van der Waals surface area contributed by atoms with E-state index in [2.05, 4.69) is 28.5 Å². The van der Waals surface area contributed by atoms with Gasteiger partial charge in [0.15, 0.2) is 0 Å². The molecule has 7 heteroatoms. The highest BCUT2D eigenvalue weighted by Gasteiger charge is 2.41. The Morgan fingerprint density at radius 3 is 2.56 bits per heavy atom. The Kier molecular flexibility index (Phi) is 5.36. The minimum Gasteiger partial charge on any atom is -0.382 e. The van der Waals surface area contributed by atoms with E-state index in [9.17, 15) is 13.7 Å². The predicted molar refractivity (Wildman–Crippen MR) is 127 cm³/mol. The van der Waals surface area contributed by atoms with Gasteiger partial charge >= 0.3 is 0 Å². The molecule has 2 aromatic carbocycles. The summed E-state index contributed by atoms with van der Waals surface area (Å²) in [4.78, 5) is 4.31. The van der Waals surface area contributed by atoms with E-state index in [1.165, 1.54) is 0 Å². The molecule has 1 N–H and O–H groups in total. The van der Waals surface area contributed by atoms with Crippen LogP contribution in [0.1, 0.15) is 36.8 Å². The van der Waals surface area contributed by atoms with Crippen LogP contribution in [0.4, 0.5) is 5.69 Å².